The van der Waals surface area contributed by atoms with Gasteiger partial charge in [0, 0.05) is 24.8 Å². The minimum atomic E-state index is -0.150. The van der Waals surface area contributed by atoms with Crippen molar-refractivity contribution in [3.8, 4) is 5.75 Å². The van der Waals surface area contributed by atoms with Crippen molar-refractivity contribution >= 4 is 17.4 Å². The van der Waals surface area contributed by atoms with Crippen LogP contribution in [0, 0.1) is 0 Å². The number of carbonyl (C=O) groups excluding carboxylic acids is 1. The molecule has 4 rings (SSSR count). The standard InChI is InChI=1S/C23H23N3O2/c27-23(25-21-9-6-14-24-22(21)26-15-4-5-16-26)19-10-12-20(13-11-19)28-17-18-7-2-1-3-8-18/h1-3,6-14H,4-5,15-17H2,(H,25,27). The molecule has 1 aliphatic rings. The van der Waals surface area contributed by atoms with Gasteiger partial charge in [0.15, 0.2) is 5.82 Å². The number of anilines is 2. The molecule has 28 heavy (non-hydrogen) atoms. The SMILES string of the molecule is O=C(Nc1cccnc1N1CCCC1)c1ccc(OCc2ccccc2)cc1. The number of hydrogen-bond donors (Lipinski definition) is 1. The van der Waals surface area contributed by atoms with Crippen LogP contribution in [0.5, 0.6) is 5.75 Å². The van der Waals surface area contributed by atoms with Gasteiger partial charge in [-0.3, -0.25) is 4.79 Å². The second-order valence-corrected chi connectivity index (χ2v) is 6.82. The third kappa shape index (κ3) is 4.31. The smallest absolute Gasteiger partial charge is 0.255 e. The Bertz CT molecular complexity index is 920. The summed E-state index contributed by atoms with van der Waals surface area (Å²) in [5, 5.41) is 3.00. The summed E-state index contributed by atoms with van der Waals surface area (Å²) in [6.07, 6.45) is 4.09. The predicted molar refractivity (Wildman–Crippen MR) is 111 cm³/mol. The highest BCUT2D eigenvalue weighted by Crippen LogP contribution is 2.26. The normalized spacial score (nSPS) is 13.4. The van der Waals surface area contributed by atoms with Gasteiger partial charge < -0.3 is 15.0 Å². The molecule has 0 radical (unpaired) electrons. The first-order valence-electron chi connectivity index (χ1n) is 9.58. The van der Waals surface area contributed by atoms with Crippen molar-refractivity contribution in [1.29, 1.82) is 0 Å². The molecule has 5 nitrogen and oxygen atoms in total. The molecule has 3 aromatic rings. The Labute approximate surface area is 165 Å². The van der Waals surface area contributed by atoms with Crippen LogP contribution in [0.1, 0.15) is 28.8 Å². The largest absolute Gasteiger partial charge is 0.489 e. The molecular weight excluding hydrogens is 350 g/mol. The minimum Gasteiger partial charge on any atom is -0.489 e. The maximum Gasteiger partial charge on any atom is 0.255 e. The third-order valence-corrected chi connectivity index (χ3v) is 4.81. The number of aromatic nitrogens is 1. The fourth-order valence-electron chi connectivity index (χ4n) is 3.31. The Balaban J connectivity index is 1.40. The second kappa shape index (κ2) is 8.57. The number of ether oxygens (including phenoxy) is 1. The van der Waals surface area contributed by atoms with Gasteiger partial charge in [-0.05, 0) is 54.8 Å². The van der Waals surface area contributed by atoms with Crippen LogP contribution in [-0.4, -0.2) is 24.0 Å². The molecular formula is C23H23N3O2. The zero-order valence-electron chi connectivity index (χ0n) is 15.7. The van der Waals surface area contributed by atoms with Crippen molar-refractivity contribution in [2.45, 2.75) is 19.4 Å². The van der Waals surface area contributed by atoms with Gasteiger partial charge in [0.05, 0.1) is 5.69 Å². The van der Waals surface area contributed by atoms with E-state index >= 15 is 0 Å². The molecule has 5 heteroatoms. The second-order valence-electron chi connectivity index (χ2n) is 6.82. The van der Waals surface area contributed by atoms with Gasteiger partial charge in [-0.25, -0.2) is 4.98 Å². The van der Waals surface area contributed by atoms with E-state index in [0.29, 0.717) is 12.2 Å². The van der Waals surface area contributed by atoms with Gasteiger partial charge in [0.1, 0.15) is 12.4 Å². The summed E-state index contributed by atoms with van der Waals surface area (Å²) in [5.41, 5.74) is 2.44. The van der Waals surface area contributed by atoms with Crippen LogP contribution >= 0.6 is 0 Å². The first-order chi connectivity index (χ1) is 13.8. The Morgan fingerprint density at radius 2 is 1.71 bits per heavy atom. The van der Waals surface area contributed by atoms with E-state index in [1.807, 2.05) is 54.6 Å². The average Bonchev–Trinajstić information content (AvgIpc) is 3.28. The highest BCUT2D eigenvalue weighted by molar-refractivity contribution is 6.05. The van der Waals surface area contributed by atoms with E-state index in [2.05, 4.69) is 15.2 Å². The first kappa shape index (κ1) is 18.0. The number of nitrogens with zero attached hydrogens (tertiary/aromatic N) is 2. The quantitative estimate of drug-likeness (QED) is 0.691. The lowest BCUT2D eigenvalue weighted by atomic mass is 10.2. The van der Waals surface area contributed by atoms with Crippen molar-refractivity contribution in [2.24, 2.45) is 0 Å². The number of benzene rings is 2. The van der Waals surface area contributed by atoms with Crippen LogP contribution < -0.4 is 15.0 Å². The van der Waals surface area contributed by atoms with Gasteiger partial charge in [-0.2, -0.15) is 0 Å². The molecule has 1 fully saturated rings. The van der Waals surface area contributed by atoms with Crippen LogP contribution in [0.15, 0.2) is 72.9 Å². The number of amides is 1. The van der Waals surface area contributed by atoms with E-state index in [-0.39, 0.29) is 5.91 Å². The van der Waals surface area contributed by atoms with Crippen molar-refractivity contribution in [3.63, 3.8) is 0 Å². The summed E-state index contributed by atoms with van der Waals surface area (Å²) >= 11 is 0. The number of rotatable bonds is 6. The molecule has 1 N–H and O–H groups in total. The lowest BCUT2D eigenvalue weighted by molar-refractivity contribution is 0.102. The summed E-state index contributed by atoms with van der Waals surface area (Å²) in [4.78, 5) is 19.4. The Morgan fingerprint density at radius 3 is 2.46 bits per heavy atom. The van der Waals surface area contributed by atoms with Crippen molar-refractivity contribution in [2.75, 3.05) is 23.3 Å². The molecule has 1 saturated heterocycles. The summed E-state index contributed by atoms with van der Waals surface area (Å²) in [5.74, 6) is 1.43. The van der Waals surface area contributed by atoms with Crippen LogP contribution in [0.4, 0.5) is 11.5 Å². The van der Waals surface area contributed by atoms with Gasteiger partial charge >= 0.3 is 0 Å². The zero-order chi connectivity index (χ0) is 19.2. The van der Waals surface area contributed by atoms with E-state index in [9.17, 15) is 4.79 Å². The minimum absolute atomic E-state index is 0.150. The average molecular weight is 373 g/mol. The Kier molecular flexibility index (Phi) is 5.52. The van der Waals surface area contributed by atoms with Crippen LogP contribution in [-0.2, 0) is 6.61 Å². The summed E-state index contributed by atoms with van der Waals surface area (Å²) in [6, 6.07) is 20.9. The van der Waals surface area contributed by atoms with E-state index in [1.54, 1.807) is 18.3 Å². The number of pyridine rings is 1. The monoisotopic (exact) mass is 373 g/mol. The molecule has 0 bridgehead atoms. The van der Waals surface area contributed by atoms with E-state index in [0.717, 1.165) is 48.7 Å². The molecule has 0 unspecified atom stereocenters. The summed E-state index contributed by atoms with van der Waals surface area (Å²) < 4.78 is 5.78. The maximum absolute atomic E-state index is 12.7. The van der Waals surface area contributed by atoms with E-state index in [4.69, 9.17) is 4.74 Å². The molecule has 0 aliphatic carbocycles. The fourth-order valence-corrected chi connectivity index (χ4v) is 3.31. The zero-order valence-corrected chi connectivity index (χ0v) is 15.7. The lowest BCUT2D eigenvalue weighted by Gasteiger charge is -2.20. The van der Waals surface area contributed by atoms with Gasteiger partial charge in [-0.15, -0.1) is 0 Å². The number of hydrogen-bond acceptors (Lipinski definition) is 4. The number of carbonyl (C=O) groups is 1. The van der Waals surface area contributed by atoms with Crippen molar-refractivity contribution < 1.29 is 9.53 Å². The molecule has 1 amide bonds. The molecule has 1 aromatic heterocycles. The topological polar surface area (TPSA) is 54.5 Å². The van der Waals surface area contributed by atoms with Crippen molar-refractivity contribution in [3.05, 3.63) is 84.1 Å². The predicted octanol–water partition coefficient (Wildman–Crippen LogP) is 4.51. The van der Waals surface area contributed by atoms with Crippen LogP contribution in [0.3, 0.4) is 0 Å². The van der Waals surface area contributed by atoms with Gasteiger partial charge in [-0.1, -0.05) is 30.3 Å². The summed E-state index contributed by atoms with van der Waals surface area (Å²) in [6.45, 7) is 2.46. The third-order valence-electron chi connectivity index (χ3n) is 4.81. The molecule has 142 valence electrons. The molecule has 0 atom stereocenters. The van der Waals surface area contributed by atoms with Gasteiger partial charge in [0.2, 0.25) is 0 Å². The highest BCUT2D eigenvalue weighted by Gasteiger charge is 2.18. The molecule has 2 heterocycles. The maximum atomic E-state index is 12.7. The van der Waals surface area contributed by atoms with Crippen LogP contribution in [0.25, 0.3) is 0 Å². The summed E-state index contributed by atoms with van der Waals surface area (Å²) in [7, 11) is 0. The molecule has 0 saturated carbocycles. The fraction of sp³-hybridized carbons (Fsp3) is 0.217. The lowest BCUT2D eigenvalue weighted by Crippen LogP contribution is -2.22. The first-order valence-corrected chi connectivity index (χ1v) is 9.58. The Hall–Kier alpha value is -3.34. The van der Waals surface area contributed by atoms with E-state index < -0.39 is 0 Å². The molecule has 0 spiro atoms. The number of nitrogens with one attached hydrogen (secondary N) is 1. The van der Waals surface area contributed by atoms with Crippen LogP contribution in [0.2, 0.25) is 0 Å². The highest BCUT2D eigenvalue weighted by atomic mass is 16.5. The van der Waals surface area contributed by atoms with E-state index in [1.165, 1.54) is 0 Å². The van der Waals surface area contributed by atoms with Crippen molar-refractivity contribution in [1.82, 2.24) is 4.98 Å². The molecule has 2 aromatic carbocycles. The van der Waals surface area contributed by atoms with Gasteiger partial charge in [0.25, 0.3) is 5.91 Å². The molecule has 1 aliphatic heterocycles. The Morgan fingerprint density at radius 1 is 0.964 bits per heavy atom.